The number of hydrogen-bond acceptors (Lipinski definition) is 8. The number of amides is 2. The molecule has 3 aromatic rings. The number of carbonyl (C=O) groups is 3. The van der Waals surface area contributed by atoms with Gasteiger partial charge in [0.15, 0.2) is 11.5 Å². The van der Waals surface area contributed by atoms with E-state index in [4.69, 9.17) is 14.2 Å². The molecule has 0 bridgehead atoms. The van der Waals surface area contributed by atoms with Gasteiger partial charge in [-0.1, -0.05) is 30.3 Å². The van der Waals surface area contributed by atoms with Crippen LogP contribution in [0.2, 0.25) is 0 Å². The number of fused-ring (bicyclic) bond motifs is 1. The lowest BCUT2D eigenvalue weighted by Gasteiger charge is -2.12. The van der Waals surface area contributed by atoms with E-state index in [-0.39, 0.29) is 0 Å². The average Bonchev–Trinajstić information content (AvgIpc) is 3.51. The van der Waals surface area contributed by atoms with Crippen molar-refractivity contribution in [3.63, 3.8) is 0 Å². The number of aryl methyl sites for hydroxylation is 1. The lowest BCUT2D eigenvalue weighted by atomic mass is 10.1. The molecule has 2 N–H and O–H groups in total. The Labute approximate surface area is 218 Å². The van der Waals surface area contributed by atoms with Crippen molar-refractivity contribution in [2.75, 3.05) is 19.5 Å². The van der Waals surface area contributed by atoms with E-state index in [0.29, 0.717) is 39.9 Å². The Morgan fingerprint density at radius 2 is 1.78 bits per heavy atom. The van der Waals surface area contributed by atoms with Gasteiger partial charge in [0.25, 0.3) is 0 Å². The summed E-state index contributed by atoms with van der Waals surface area (Å²) in [5.41, 5.74) is 5.63. The molecule has 0 spiro atoms. The topological polar surface area (TPSA) is 115 Å². The minimum absolute atomic E-state index is 0.313. The highest BCUT2D eigenvalue weighted by Gasteiger charge is 2.29. The van der Waals surface area contributed by atoms with Gasteiger partial charge in [-0.3, -0.25) is 9.59 Å². The van der Waals surface area contributed by atoms with Crippen LogP contribution in [0.25, 0.3) is 0 Å². The number of hydrogen-bond donors (Lipinski definition) is 2. The number of rotatable bonds is 8. The number of ether oxygens (including phenoxy) is 3. The maximum atomic E-state index is 12.5. The third-order valence-electron chi connectivity index (χ3n) is 5.89. The molecule has 1 aliphatic carbocycles. The largest absolute Gasteiger partial charge is 0.493 e. The fourth-order valence-corrected chi connectivity index (χ4v) is 5.24. The molecule has 0 saturated heterocycles. The van der Waals surface area contributed by atoms with Crippen LogP contribution < -0.4 is 20.2 Å². The molecular weight excluding hydrogens is 494 g/mol. The average molecular weight is 522 g/mol. The Morgan fingerprint density at radius 3 is 2.51 bits per heavy atom. The zero-order valence-corrected chi connectivity index (χ0v) is 21.6. The van der Waals surface area contributed by atoms with E-state index in [1.165, 1.54) is 25.6 Å². The SMILES string of the molecule is COC(=O)c1c(NC(=O)C(=O)NN=C(C)c2ccc(OCc3ccccc3)c(OC)c2)sc2c1CCC2. The number of carbonyl (C=O) groups excluding carboxylic acids is 3. The highest BCUT2D eigenvalue weighted by Crippen LogP contribution is 2.39. The fraction of sp³-hybridized carbons (Fsp3) is 0.259. The molecule has 0 saturated carbocycles. The molecule has 0 atom stereocenters. The van der Waals surface area contributed by atoms with Crippen LogP contribution in [-0.2, 0) is 33.8 Å². The number of anilines is 1. The van der Waals surface area contributed by atoms with Crippen LogP contribution in [0.1, 0.15) is 45.3 Å². The summed E-state index contributed by atoms with van der Waals surface area (Å²) in [4.78, 5) is 38.2. The number of esters is 1. The van der Waals surface area contributed by atoms with Crippen LogP contribution in [0.5, 0.6) is 11.5 Å². The van der Waals surface area contributed by atoms with E-state index < -0.39 is 17.8 Å². The molecule has 4 rings (SSSR count). The monoisotopic (exact) mass is 521 g/mol. The molecule has 9 nitrogen and oxygen atoms in total. The molecule has 1 heterocycles. The molecule has 0 aliphatic heterocycles. The number of hydrazone groups is 1. The van der Waals surface area contributed by atoms with Gasteiger partial charge >= 0.3 is 17.8 Å². The molecular formula is C27H27N3O6S. The number of nitrogens with one attached hydrogen (secondary N) is 2. The van der Waals surface area contributed by atoms with Gasteiger partial charge in [-0.2, -0.15) is 5.10 Å². The Bertz CT molecular complexity index is 1350. The van der Waals surface area contributed by atoms with Crippen LogP contribution in [0, 0.1) is 0 Å². The van der Waals surface area contributed by atoms with E-state index in [1.807, 2.05) is 30.3 Å². The third kappa shape index (κ3) is 5.97. The molecule has 1 aliphatic rings. The predicted octanol–water partition coefficient (Wildman–Crippen LogP) is 4.09. The maximum Gasteiger partial charge on any atom is 0.341 e. The van der Waals surface area contributed by atoms with Gasteiger partial charge in [0.05, 0.1) is 25.5 Å². The second-order valence-corrected chi connectivity index (χ2v) is 9.39. The zero-order chi connectivity index (χ0) is 26.4. The molecule has 1 aromatic heterocycles. The Hall–Kier alpha value is -4.18. The van der Waals surface area contributed by atoms with E-state index in [1.54, 1.807) is 25.1 Å². The van der Waals surface area contributed by atoms with Gasteiger partial charge < -0.3 is 19.5 Å². The summed E-state index contributed by atoms with van der Waals surface area (Å²) in [6.45, 7) is 2.08. The predicted molar refractivity (Wildman–Crippen MR) is 140 cm³/mol. The lowest BCUT2D eigenvalue weighted by Crippen LogP contribution is -2.33. The summed E-state index contributed by atoms with van der Waals surface area (Å²) in [5.74, 6) is -1.35. The number of benzene rings is 2. The van der Waals surface area contributed by atoms with Gasteiger partial charge in [-0.25, -0.2) is 10.2 Å². The Morgan fingerprint density at radius 1 is 1.00 bits per heavy atom. The smallest absolute Gasteiger partial charge is 0.341 e. The molecule has 37 heavy (non-hydrogen) atoms. The molecule has 0 radical (unpaired) electrons. The summed E-state index contributed by atoms with van der Waals surface area (Å²) in [7, 11) is 2.82. The molecule has 0 fully saturated rings. The first-order valence-electron chi connectivity index (χ1n) is 11.6. The molecule has 2 aromatic carbocycles. The van der Waals surface area contributed by atoms with Crippen molar-refractivity contribution in [3.05, 3.63) is 75.7 Å². The fourth-order valence-electron chi connectivity index (χ4n) is 3.97. The van der Waals surface area contributed by atoms with Gasteiger partial charge in [0.1, 0.15) is 11.6 Å². The van der Waals surface area contributed by atoms with Crippen molar-refractivity contribution in [1.82, 2.24) is 5.43 Å². The van der Waals surface area contributed by atoms with Gasteiger partial charge in [-0.15, -0.1) is 11.3 Å². The Kier molecular flexibility index (Phi) is 8.19. The van der Waals surface area contributed by atoms with E-state index >= 15 is 0 Å². The first-order chi connectivity index (χ1) is 17.9. The summed E-state index contributed by atoms with van der Waals surface area (Å²) in [5, 5.41) is 6.90. The van der Waals surface area contributed by atoms with Crippen molar-refractivity contribution < 1.29 is 28.6 Å². The minimum Gasteiger partial charge on any atom is -0.493 e. The standard InChI is InChI=1S/C27H27N3O6S/c1-16(18-12-13-20(21(14-18)34-2)36-15-17-8-5-4-6-9-17)29-30-25(32)24(31)28-26-23(27(33)35-3)19-10-7-11-22(19)37-26/h4-6,8-9,12-14H,7,10-11,15H2,1-3H3,(H,28,31)(H,30,32). The van der Waals surface area contributed by atoms with Crippen molar-refractivity contribution in [2.24, 2.45) is 5.10 Å². The lowest BCUT2D eigenvalue weighted by molar-refractivity contribution is -0.136. The number of thiophene rings is 1. The van der Waals surface area contributed by atoms with Crippen molar-refractivity contribution in [3.8, 4) is 11.5 Å². The second kappa shape index (κ2) is 11.7. The van der Waals surface area contributed by atoms with E-state index in [2.05, 4.69) is 15.8 Å². The zero-order valence-electron chi connectivity index (χ0n) is 20.8. The Balaban J connectivity index is 1.40. The molecule has 0 unspecified atom stereocenters. The summed E-state index contributed by atoms with van der Waals surface area (Å²) < 4.78 is 16.2. The van der Waals surface area contributed by atoms with Crippen LogP contribution in [-0.4, -0.2) is 37.7 Å². The number of methoxy groups -OCH3 is 2. The van der Waals surface area contributed by atoms with Crippen molar-refractivity contribution >= 4 is 39.8 Å². The van der Waals surface area contributed by atoms with E-state index in [0.717, 1.165) is 35.3 Å². The maximum absolute atomic E-state index is 12.5. The molecule has 192 valence electrons. The van der Waals surface area contributed by atoms with Crippen LogP contribution in [0.4, 0.5) is 5.00 Å². The van der Waals surface area contributed by atoms with Crippen LogP contribution >= 0.6 is 11.3 Å². The molecule has 10 heteroatoms. The number of nitrogens with zero attached hydrogens (tertiary/aromatic N) is 1. The normalized spacial score (nSPS) is 12.5. The summed E-state index contributed by atoms with van der Waals surface area (Å²) >= 11 is 1.29. The van der Waals surface area contributed by atoms with Crippen LogP contribution in [0.3, 0.4) is 0 Å². The summed E-state index contributed by atoms with van der Waals surface area (Å²) in [6, 6.07) is 15.0. The highest BCUT2D eigenvalue weighted by molar-refractivity contribution is 7.17. The van der Waals surface area contributed by atoms with E-state index in [9.17, 15) is 14.4 Å². The second-order valence-electron chi connectivity index (χ2n) is 8.29. The molecule has 2 amide bonds. The van der Waals surface area contributed by atoms with Gasteiger partial charge in [-0.05, 0) is 55.5 Å². The first-order valence-corrected chi connectivity index (χ1v) is 12.5. The quantitative estimate of drug-likeness (QED) is 0.200. The minimum atomic E-state index is -0.960. The summed E-state index contributed by atoms with van der Waals surface area (Å²) in [6.07, 6.45) is 2.51. The van der Waals surface area contributed by atoms with Crippen molar-refractivity contribution in [2.45, 2.75) is 32.8 Å². The van der Waals surface area contributed by atoms with Gasteiger partial charge in [0.2, 0.25) is 0 Å². The van der Waals surface area contributed by atoms with Crippen LogP contribution in [0.15, 0.2) is 53.6 Å². The van der Waals surface area contributed by atoms with Crippen molar-refractivity contribution in [1.29, 1.82) is 0 Å². The third-order valence-corrected chi connectivity index (χ3v) is 7.10. The highest BCUT2D eigenvalue weighted by atomic mass is 32.1. The first kappa shape index (κ1) is 25.9. The van der Waals surface area contributed by atoms with Gasteiger partial charge in [0, 0.05) is 10.4 Å².